The number of benzene rings is 1. The van der Waals surface area contributed by atoms with Gasteiger partial charge in [0, 0.05) is 10.7 Å². The fourth-order valence-electron chi connectivity index (χ4n) is 1.56. The second-order valence-electron chi connectivity index (χ2n) is 3.10. The zero-order valence-electron chi connectivity index (χ0n) is 8.42. The van der Waals surface area contributed by atoms with Crippen LogP contribution in [0.15, 0.2) is 27.3 Å². The molecule has 2 rings (SSSR count). The van der Waals surface area contributed by atoms with E-state index in [0.29, 0.717) is 5.75 Å². The van der Waals surface area contributed by atoms with Gasteiger partial charge in [-0.05, 0) is 44.0 Å². The third kappa shape index (κ3) is 1.77. The standard InChI is InChI=1S/C10H9Br2N3O/c1-16-10-6(12)4-5(11)9-8(10)7(15-13)2-3-14-9/h2-4H,13H2,1H3,(H,14,15). The Morgan fingerprint density at radius 2 is 2.12 bits per heavy atom. The largest absolute Gasteiger partial charge is 0.495 e. The molecular formula is C10H9Br2N3O. The summed E-state index contributed by atoms with van der Waals surface area (Å²) in [4.78, 5) is 4.30. The monoisotopic (exact) mass is 345 g/mol. The molecule has 16 heavy (non-hydrogen) atoms. The zero-order valence-corrected chi connectivity index (χ0v) is 11.6. The number of methoxy groups -OCH3 is 1. The molecule has 2 aromatic rings. The molecule has 0 atom stereocenters. The summed E-state index contributed by atoms with van der Waals surface area (Å²) in [5.41, 5.74) is 4.21. The number of aromatic nitrogens is 1. The van der Waals surface area contributed by atoms with E-state index in [4.69, 9.17) is 10.6 Å². The average Bonchev–Trinajstić information content (AvgIpc) is 2.29. The Kier molecular flexibility index (Phi) is 3.32. The highest BCUT2D eigenvalue weighted by Gasteiger charge is 2.14. The number of hydrogen-bond donors (Lipinski definition) is 2. The van der Waals surface area contributed by atoms with Crippen molar-refractivity contribution >= 4 is 48.5 Å². The molecule has 0 aliphatic heterocycles. The van der Waals surface area contributed by atoms with Gasteiger partial charge in [0.2, 0.25) is 0 Å². The number of nitrogens with two attached hydrogens (primary N) is 1. The van der Waals surface area contributed by atoms with Crippen molar-refractivity contribution in [2.75, 3.05) is 12.5 Å². The molecule has 0 saturated heterocycles. The molecule has 0 radical (unpaired) electrons. The first-order valence-corrected chi connectivity index (χ1v) is 6.05. The summed E-state index contributed by atoms with van der Waals surface area (Å²) in [6, 6.07) is 3.69. The van der Waals surface area contributed by atoms with Gasteiger partial charge in [0.1, 0.15) is 5.75 Å². The average molecular weight is 347 g/mol. The van der Waals surface area contributed by atoms with E-state index in [9.17, 15) is 0 Å². The van der Waals surface area contributed by atoms with E-state index in [1.807, 2.05) is 6.07 Å². The van der Waals surface area contributed by atoms with E-state index < -0.39 is 0 Å². The quantitative estimate of drug-likeness (QED) is 0.648. The van der Waals surface area contributed by atoms with Gasteiger partial charge in [-0.3, -0.25) is 10.8 Å². The van der Waals surface area contributed by atoms with Crippen molar-refractivity contribution in [3.8, 4) is 5.75 Å². The molecule has 6 heteroatoms. The predicted molar refractivity (Wildman–Crippen MR) is 71.5 cm³/mol. The van der Waals surface area contributed by atoms with Gasteiger partial charge in [0.15, 0.2) is 0 Å². The van der Waals surface area contributed by atoms with Crippen LogP contribution in [0.25, 0.3) is 10.9 Å². The molecule has 1 aromatic carbocycles. The normalized spacial score (nSPS) is 10.5. The number of halogens is 2. The van der Waals surface area contributed by atoms with Crippen molar-refractivity contribution in [1.82, 2.24) is 4.98 Å². The second kappa shape index (κ2) is 4.57. The summed E-state index contributed by atoms with van der Waals surface area (Å²) in [6.45, 7) is 0. The van der Waals surface area contributed by atoms with Gasteiger partial charge in [-0.15, -0.1) is 0 Å². The van der Waals surface area contributed by atoms with Crippen LogP contribution in [0.5, 0.6) is 5.75 Å². The van der Waals surface area contributed by atoms with Crippen LogP contribution in [0.4, 0.5) is 5.69 Å². The number of nitrogen functional groups attached to an aromatic ring is 1. The lowest BCUT2D eigenvalue weighted by Gasteiger charge is -2.12. The lowest BCUT2D eigenvalue weighted by Crippen LogP contribution is -2.08. The molecule has 0 fully saturated rings. The molecule has 4 nitrogen and oxygen atoms in total. The Bertz CT molecular complexity index is 545. The lowest BCUT2D eigenvalue weighted by molar-refractivity contribution is 0.417. The number of hydrogen-bond acceptors (Lipinski definition) is 4. The molecular weight excluding hydrogens is 338 g/mol. The van der Waals surface area contributed by atoms with Gasteiger partial charge in [0.25, 0.3) is 0 Å². The number of hydrazine groups is 1. The van der Waals surface area contributed by atoms with Gasteiger partial charge in [-0.1, -0.05) is 0 Å². The Morgan fingerprint density at radius 1 is 1.38 bits per heavy atom. The van der Waals surface area contributed by atoms with Crippen LogP contribution < -0.4 is 16.0 Å². The van der Waals surface area contributed by atoms with Crippen LogP contribution >= 0.6 is 31.9 Å². The molecule has 1 heterocycles. The van der Waals surface area contributed by atoms with Crippen molar-refractivity contribution < 1.29 is 4.74 Å². The minimum Gasteiger partial charge on any atom is -0.495 e. The van der Waals surface area contributed by atoms with Gasteiger partial charge in [-0.25, -0.2) is 0 Å². The number of nitrogens with one attached hydrogen (secondary N) is 1. The van der Waals surface area contributed by atoms with Crippen LogP contribution in [0, 0.1) is 0 Å². The Labute approximate surface area is 109 Å². The Hall–Kier alpha value is -0.850. The highest BCUT2D eigenvalue weighted by Crippen LogP contribution is 2.40. The summed E-state index contributed by atoms with van der Waals surface area (Å²) < 4.78 is 7.08. The maximum atomic E-state index is 5.48. The second-order valence-corrected chi connectivity index (χ2v) is 4.81. The third-order valence-corrected chi connectivity index (χ3v) is 3.43. The molecule has 3 N–H and O–H groups in total. The van der Waals surface area contributed by atoms with Gasteiger partial charge in [-0.2, -0.15) is 0 Å². The molecule has 0 saturated carbocycles. The fraction of sp³-hybridized carbons (Fsp3) is 0.100. The summed E-state index contributed by atoms with van der Waals surface area (Å²) >= 11 is 6.90. The first-order valence-electron chi connectivity index (χ1n) is 4.46. The molecule has 0 bridgehead atoms. The van der Waals surface area contributed by atoms with Crippen LogP contribution in [0.2, 0.25) is 0 Å². The first-order chi connectivity index (χ1) is 7.69. The molecule has 0 amide bonds. The zero-order chi connectivity index (χ0) is 11.7. The number of rotatable bonds is 2. The van der Waals surface area contributed by atoms with E-state index in [1.165, 1.54) is 0 Å². The van der Waals surface area contributed by atoms with Crippen molar-refractivity contribution in [2.45, 2.75) is 0 Å². The Morgan fingerprint density at radius 3 is 2.75 bits per heavy atom. The molecule has 0 spiro atoms. The van der Waals surface area contributed by atoms with E-state index in [2.05, 4.69) is 42.3 Å². The highest BCUT2D eigenvalue weighted by atomic mass is 79.9. The molecule has 1 aromatic heterocycles. The minimum absolute atomic E-state index is 0.708. The minimum atomic E-state index is 0.708. The molecule has 0 aliphatic carbocycles. The van der Waals surface area contributed by atoms with E-state index in [1.54, 1.807) is 19.4 Å². The molecule has 0 unspecified atom stereocenters. The summed E-state index contributed by atoms with van der Waals surface area (Å²) in [6.07, 6.45) is 1.69. The predicted octanol–water partition coefficient (Wildman–Crippen LogP) is 3.05. The van der Waals surface area contributed by atoms with Gasteiger partial charge in [0.05, 0.1) is 28.2 Å². The fourth-order valence-corrected chi connectivity index (χ4v) is 2.98. The smallest absolute Gasteiger partial charge is 0.144 e. The number of anilines is 1. The van der Waals surface area contributed by atoms with E-state index >= 15 is 0 Å². The summed E-state index contributed by atoms with van der Waals surface area (Å²) in [7, 11) is 1.61. The molecule has 0 aliphatic rings. The van der Waals surface area contributed by atoms with Crippen molar-refractivity contribution in [3.63, 3.8) is 0 Å². The summed E-state index contributed by atoms with van der Waals surface area (Å²) in [5, 5.41) is 0.841. The van der Waals surface area contributed by atoms with Gasteiger partial charge >= 0.3 is 0 Å². The van der Waals surface area contributed by atoms with Crippen molar-refractivity contribution in [1.29, 1.82) is 0 Å². The summed E-state index contributed by atoms with van der Waals surface area (Å²) in [5.74, 6) is 6.18. The van der Waals surface area contributed by atoms with Crippen LogP contribution in [0.3, 0.4) is 0 Å². The third-order valence-electron chi connectivity index (χ3n) is 2.23. The topological polar surface area (TPSA) is 60.2 Å². The maximum Gasteiger partial charge on any atom is 0.144 e. The maximum absolute atomic E-state index is 5.48. The van der Waals surface area contributed by atoms with Crippen LogP contribution in [-0.2, 0) is 0 Å². The molecule has 84 valence electrons. The lowest BCUT2D eigenvalue weighted by atomic mass is 10.1. The van der Waals surface area contributed by atoms with Crippen LogP contribution in [0.1, 0.15) is 0 Å². The number of fused-ring (bicyclic) bond motifs is 1. The number of ether oxygens (including phenoxy) is 1. The van der Waals surface area contributed by atoms with E-state index in [0.717, 1.165) is 25.5 Å². The van der Waals surface area contributed by atoms with E-state index in [-0.39, 0.29) is 0 Å². The Balaban J connectivity index is 2.94. The first kappa shape index (κ1) is 11.6. The van der Waals surface area contributed by atoms with Crippen LogP contribution in [-0.4, -0.2) is 12.1 Å². The van der Waals surface area contributed by atoms with Gasteiger partial charge < -0.3 is 10.2 Å². The highest BCUT2D eigenvalue weighted by molar-refractivity contribution is 9.11. The number of nitrogens with zero attached hydrogens (tertiary/aromatic N) is 1. The number of pyridine rings is 1. The SMILES string of the molecule is COc1c(Br)cc(Br)c2nccc(NN)c12. The van der Waals surface area contributed by atoms with Crippen molar-refractivity contribution in [2.24, 2.45) is 5.84 Å². The van der Waals surface area contributed by atoms with Crippen molar-refractivity contribution in [3.05, 3.63) is 27.3 Å².